The lowest BCUT2D eigenvalue weighted by Gasteiger charge is -2.10. The van der Waals surface area contributed by atoms with Crippen molar-refractivity contribution < 1.29 is 14.0 Å². The van der Waals surface area contributed by atoms with E-state index in [0.29, 0.717) is 30.4 Å². The van der Waals surface area contributed by atoms with Crippen molar-refractivity contribution in [3.63, 3.8) is 0 Å². The van der Waals surface area contributed by atoms with Crippen LogP contribution in [0.1, 0.15) is 26.7 Å². The Kier molecular flexibility index (Phi) is 10.9. The summed E-state index contributed by atoms with van der Waals surface area (Å²) in [5.74, 6) is 0.458. The number of rotatable bonds is 8. The van der Waals surface area contributed by atoms with Gasteiger partial charge in [-0.05, 0) is 36.6 Å². The van der Waals surface area contributed by atoms with Crippen LogP contribution in [0.15, 0.2) is 61.7 Å². The van der Waals surface area contributed by atoms with Gasteiger partial charge in [-0.3, -0.25) is 9.59 Å². The zero-order valence-corrected chi connectivity index (χ0v) is 22.4. The topological polar surface area (TPSA) is 105 Å². The number of benzene rings is 1. The standard InChI is InChI=1S/C18H15FN6OS.C7H11NO.C2H6/c19-13-3-1-12(2-4-13)16-9-22-18(27-16)24-17-7-15-14(8-21-17)23-10-25(15)6-5-20-11-26;1-2-7(9)8-5-3-4-6-8;1-2/h1-4,7-11H,5-6H2,(H,20,26)(H,21,22,24);2H,1,3-6H2;1-2H3. The molecule has 4 heterocycles. The van der Waals surface area contributed by atoms with Crippen LogP contribution in [0.3, 0.4) is 0 Å². The molecule has 0 atom stereocenters. The van der Waals surface area contributed by atoms with E-state index in [0.717, 1.165) is 47.4 Å². The first-order valence-corrected chi connectivity index (χ1v) is 13.3. The molecule has 9 nitrogen and oxygen atoms in total. The molecular formula is C27H32FN7O2S. The third kappa shape index (κ3) is 7.69. The number of aromatic nitrogens is 4. The number of thiazole rings is 1. The maximum absolute atomic E-state index is 13.1. The molecule has 5 rings (SSSR count). The van der Waals surface area contributed by atoms with Crippen molar-refractivity contribution in [3.05, 3.63) is 67.5 Å². The fraction of sp³-hybridized carbons (Fsp3) is 0.296. The summed E-state index contributed by atoms with van der Waals surface area (Å²) in [7, 11) is 0. The quantitative estimate of drug-likeness (QED) is 0.186. The minimum Gasteiger partial charge on any atom is -0.357 e. The highest BCUT2D eigenvalue weighted by Crippen LogP contribution is 2.30. The fourth-order valence-corrected chi connectivity index (χ4v) is 4.54. The summed E-state index contributed by atoms with van der Waals surface area (Å²) in [5.41, 5.74) is 2.60. The number of hydrogen-bond donors (Lipinski definition) is 2. The van der Waals surface area contributed by atoms with Crippen molar-refractivity contribution in [2.75, 3.05) is 25.0 Å². The molecule has 38 heavy (non-hydrogen) atoms. The SMILES string of the molecule is C=CC(=O)N1CCCC1.CC.O=CNCCn1cnc2cnc(Nc3ncc(-c4ccc(F)cc4)s3)cc21. The number of pyridine rings is 1. The van der Waals surface area contributed by atoms with E-state index in [1.165, 1.54) is 29.5 Å². The molecule has 2 amide bonds. The summed E-state index contributed by atoms with van der Waals surface area (Å²) in [4.78, 5) is 37.0. The Morgan fingerprint density at radius 2 is 1.87 bits per heavy atom. The van der Waals surface area contributed by atoms with Crippen molar-refractivity contribution in [2.45, 2.75) is 33.2 Å². The van der Waals surface area contributed by atoms with Gasteiger partial charge in [0.05, 0.1) is 22.9 Å². The van der Waals surface area contributed by atoms with Gasteiger partial charge < -0.3 is 20.1 Å². The molecule has 0 spiro atoms. The predicted octanol–water partition coefficient (Wildman–Crippen LogP) is 5.00. The molecule has 200 valence electrons. The van der Waals surface area contributed by atoms with E-state index in [4.69, 9.17) is 0 Å². The van der Waals surface area contributed by atoms with Gasteiger partial charge in [0.1, 0.15) is 17.2 Å². The second-order valence-corrected chi connectivity index (χ2v) is 9.00. The Morgan fingerprint density at radius 1 is 1.13 bits per heavy atom. The summed E-state index contributed by atoms with van der Waals surface area (Å²) in [6, 6.07) is 8.20. The summed E-state index contributed by atoms with van der Waals surface area (Å²) < 4.78 is 15.0. The summed E-state index contributed by atoms with van der Waals surface area (Å²) in [6.45, 7) is 10.4. The van der Waals surface area contributed by atoms with Crippen molar-refractivity contribution in [2.24, 2.45) is 0 Å². The van der Waals surface area contributed by atoms with Gasteiger partial charge in [-0.1, -0.05) is 43.9 Å². The van der Waals surface area contributed by atoms with Gasteiger partial charge in [0.25, 0.3) is 0 Å². The van der Waals surface area contributed by atoms with Crippen LogP contribution in [-0.4, -0.2) is 56.4 Å². The minimum absolute atomic E-state index is 0.0764. The summed E-state index contributed by atoms with van der Waals surface area (Å²) >= 11 is 1.46. The molecule has 1 aromatic carbocycles. The van der Waals surface area contributed by atoms with Gasteiger partial charge in [0.15, 0.2) is 5.13 Å². The lowest BCUT2D eigenvalue weighted by atomic mass is 10.2. The van der Waals surface area contributed by atoms with E-state index in [1.807, 2.05) is 29.4 Å². The molecule has 4 aromatic rings. The number of imidazole rings is 1. The third-order valence-corrected chi connectivity index (χ3v) is 6.51. The van der Waals surface area contributed by atoms with Crippen LogP contribution in [0.2, 0.25) is 0 Å². The van der Waals surface area contributed by atoms with Gasteiger partial charge in [-0.15, -0.1) is 0 Å². The highest BCUT2D eigenvalue weighted by molar-refractivity contribution is 7.18. The third-order valence-electron chi connectivity index (χ3n) is 5.55. The van der Waals surface area contributed by atoms with Crippen LogP contribution in [0.4, 0.5) is 15.3 Å². The molecule has 2 N–H and O–H groups in total. The minimum atomic E-state index is -0.265. The molecule has 0 saturated carbocycles. The van der Waals surface area contributed by atoms with Gasteiger partial charge in [-0.25, -0.2) is 19.3 Å². The van der Waals surface area contributed by atoms with Gasteiger partial charge in [-0.2, -0.15) is 0 Å². The second-order valence-electron chi connectivity index (χ2n) is 7.97. The largest absolute Gasteiger partial charge is 0.357 e. The molecule has 0 unspecified atom stereocenters. The number of fused-ring (bicyclic) bond motifs is 1. The van der Waals surface area contributed by atoms with Gasteiger partial charge in [0, 0.05) is 38.4 Å². The highest BCUT2D eigenvalue weighted by Gasteiger charge is 2.14. The van der Waals surface area contributed by atoms with E-state index in [9.17, 15) is 14.0 Å². The van der Waals surface area contributed by atoms with Gasteiger partial charge in [0.2, 0.25) is 12.3 Å². The Morgan fingerprint density at radius 3 is 2.55 bits per heavy atom. The highest BCUT2D eigenvalue weighted by atomic mass is 32.1. The lowest BCUT2D eigenvalue weighted by molar-refractivity contribution is -0.125. The van der Waals surface area contributed by atoms with Crippen LogP contribution in [0.5, 0.6) is 0 Å². The van der Waals surface area contributed by atoms with Gasteiger partial charge >= 0.3 is 0 Å². The number of hydrogen-bond acceptors (Lipinski definition) is 7. The van der Waals surface area contributed by atoms with E-state index in [-0.39, 0.29) is 11.7 Å². The molecule has 1 aliphatic rings. The summed E-state index contributed by atoms with van der Waals surface area (Å²) in [5, 5.41) is 6.52. The van der Waals surface area contributed by atoms with E-state index >= 15 is 0 Å². The Bertz CT molecular complexity index is 1330. The number of nitrogens with zero attached hydrogens (tertiary/aromatic N) is 5. The zero-order valence-electron chi connectivity index (χ0n) is 21.6. The van der Waals surface area contributed by atoms with Crippen LogP contribution < -0.4 is 10.6 Å². The van der Waals surface area contributed by atoms with Crippen LogP contribution in [0.25, 0.3) is 21.5 Å². The smallest absolute Gasteiger partial charge is 0.245 e. The van der Waals surface area contributed by atoms with Crippen molar-refractivity contribution in [1.82, 2.24) is 29.7 Å². The number of carbonyl (C=O) groups excluding carboxylic acids is 2. The Hall–Kier alpha value is -4.12. The predicted molar refractivity (Wildman–Crippen MR) is 150 cm³/mol. The second kappa shape index (κ2) is 14.6. The number of halogens is 1. The molecule has 3 aromatic heterocycles. The monoisotopic (exact) mass is 537 g/mol. The fourth-order valence-electron chi connectivity index (χ4n) is 3.71. The number of amides is 2. The van der Waals surface area contributed by atoms with E-state index in [1.54, 1.807) is 30.9 Å². The molecule has 0 bridgehead atoms. The van der Waals surface area contributed by atoms with Crippen molar-refractivity contribution in [3.8, 4) is 10.4 Å². The van der Waals surface area contributed by atoms with Crippen LogP contribution >= 0.6 is 11.3 Å². The molecule has 1 aliphatic heterocycles. The van der Waals surface area contributed by atoms with Crippen molar-refractivity contribution in [1.29, 1.82) is 0 Å². The Balaban J connectivity index is 0.000000307. The molecule has 0 radical (unpaired) electrons. The molecular weight excluding hydrogens is 505 g/mol. The summed E-state index contributed by atoms with van der Waals surface area (Å²) in [6.07, 6.45) is 9.52. The van der Waals surface area contributed by atoms with Crippen molar-refractivity contribution >= 4 is 45.6 Å². The maximum atomic E-state index is 13.1. The van der Waals surface area contributed by atoms with E-state index in [2.05, 4.69) is 32.2 Å². The number of carbonyl (C=O) groups is 2. The first-order valence-electron chi connectivity index (χ1n) is 12.5. The maximum Gasteiger partial charge on any atom is 0.245 e. The first-order chi connectivity index (χ1) is 18.6. The average molecular weight is 538 g/mol. The molecule has 11 heteroatoms. The average Bonchev–Trinajstić information content (AvgIpc) is 3.73. The Labute approximate surface area is 225 Å². The lowest BCUT2D eigenvalue weighted by Crippen LogP contribution is -2.25. The normalized spacial score (nSPS) is 12.1. The van der Waals surface area contributed by atoms with E-state index < -0.39 is 0 Å². The molecule has 1 saturated heterocycles. The number of nitrogens with one attached hydrogen (secondary N) is 2. The number of anilines is 2. The molecule has 0 aliphatic carbocycles. The zero-order chi connectivity index (χ0) is 27.3. The van der Waals surface area contributed by atoms with Crippen LogP contribution in [-0.2, 0) is 16.1 Å². The molecule has 1 fully saturated rings. The van der Waals surface area contributed by atoms with Crippen LogP contribution in [0, 0.1) is 5.82 Å². The first kappa shape index (κ1) is 28.5. The number of likely N-dealkylation sites (tertiary alicyclic amines) is 1.